The molecule has 1 aliphatic heterocycles. The molecule has 27 heavy (non-hydrogen) atoms. The van der Waals surface area contributed by atoms with Crippen LogP contribution >= 0.6 is 23.2 Å². The summed E-state index contributed by atoms with van der Waals surface area (Å²) >= 11 is 12.5. The number of amides is 1. The third-order valence-electron chi connectivity index (χ3n) is 5.61. The number of benzene rings is 1. The molecule has 1 aliphatic carbocycles. The molecule has 1 heterocycles. The molecule has 2 aliphatic rings. The van der Waals surface area contributed by atoms with E-state index in [0.29, 0.717) is 16.0 Å². The van der Waals surface area contributed by atoms with E-state index in [9.17, 15) is 4.79 Å². The summed E-state index contributed by atoms with van der Waals surface area (Å²) in [6, 6.07) is 5.82. The number of hydrogen-bond donors (Lipinski definition) is 1. The van der Waals surface area contributed by atoms with Gasteiger partial charge in [-0.1, -0.05) is 55.0 Å². The van der Waals surface area contributed by atoms with Gasteiger partial charge in [0.2, 0.25) is 6.09 Å². The molecule has 0 aromatic heterocycles. The van der Waals surface area contributed by atoms with Crippen molar-refractivity contribution in [2.45, 2.75) is 38.1 Å². The molecule has 0 bridgehead atoms. The van der Waals surface area contributed by atoms with Gasteiger partial charge in [-0.05, 0) is 31.0 Å². The molecule has 1 N–H and O–H groups in total. The van der Waals surface area contributed by atoms with Crippen LogP contribution in [0.25, 0.3) is 5.32 Å². The Morgan fingerprint density at radius 1 is 1.11 bits per heavy atom. The first-order valence-electron chi connectivity index (χ1n) is 9.38. The molecular formula is C19H26Cl2KN3O2. The molecule has 1 aromatic carbocycles. The zero-order valence-corrected chi connectivity index (χ0v) is 20.5. The van der Waals surface area contributed by atoms with Crippen LogP contribution in [0.4, 0.5) is 10.5 Å². The van der Waals surface area contributed by atoms with Gasteiger partial charge in [0, 0.05) is 26.2 Å². The molecule has 0 atom stereocenters. The second kappa shape index (κ2) is 11.6. The van der Waals surface area contributed by atoms with Gasteiger partial charge in [-0.2, -0.15) is 0 Å². The van der Waals surface area contributed by atoms with Crippen molar-refractivity contribution >= 4 is 35.0 Å². The molecule has 1 saturated heterocycles. The summed E-state index contributed by atoms with van der Waals surface area (Å²) in [6.07, 6.45) is 4.19. The van der Waals surface area contributed by atoms with E-state index in [-0.39, 0.29) is 57.4 Å². The van der Waals surface area contributed by atoms with Crippen molar-refractivity contribution in [3.05, 3.63) is 33.6 Å². The van der Waals surface area contributed by atoms with E-state index in [1.165, 1.54) is 6.42 Å². The van der Waals surface area contributed by atoms with Gasteiger partial charge in [-0.15, -0.1) is 6.04 Å². The summed E-state index contributed by atoms with van der Waals surface area (Å²) in [6.45, 7) is 5.11. The molecule has 1 saturated carbocycles. The summed E-state index contributed by atoms with van der Waals surface area (Å²) in [4.78, 5) is 15.5. The molecule has 0 unspecified atom stereocenters. The van der Waals surface area contributed by atoms with Crippen LogP contribution in [-0.2, 0) is 0 Å². The van der Waals surface area contributed by atoms with Gasteiger partial charge < -0.3 is 15.3 Å². The topological polar surface area (TPSA) is 57.9 Å². The molecule has 2 fully saturated rings. The fourth-order valence-corrected chi connectivity index (χ4v) is 4.45. The Kier molecular flexibility index (Phi) is 10.2. The second-order valence-electron chi connectivity index (χ2n) is 7.28. The van der Waals surface area contributed by atoms with Crippen LogP contribution in [0.5, 0.6) is 0 Å². The number of carboxylic acid groups (broad SMARTS) is 1. The Morgan fingerprint density at radius 2 is 1.78 bits per heavy atom. The van der Waals surface area contributed by atoms with Crippen molar-refractivity contribution in [1.82, 2.24) is 4.90 Å². The number of piperazine rings is 1. The molecular weight excluding hydrogens is 412 g/mol. The van der Waals surface area contributed by atoms with Gasteiger partial charge in [0.15, 0.2) is 0 Å². The largest absolute Gasteiger partial charge is 1.00 e. The van der Waals surface area contributed by atoms with Crippen LogP contribution < -0.4 is 56.3 Å². The van der Waals surface area contributed by atoms with Crippen LogP contribution in [0.1, 0.15) is 32.1 Å². The second-order valence-corrected chi connectivity index (χ2v) is 8.06. The molecule has 0 radical (unpaired) electrons. The molecule has 1 aromatic rings. The number of anilines is 1. The zero-order valence-electron chi connectivity index (χ0n) is 15.9. The fraction of sp³-hybridized carbons (Fsp3) is 0.632. The van der Waals surface area contributed by atoms with Gasteiger partial charge in [0.05, 0.1) is 15.7 Å². The van der Waals surface area contributed by atoms with Crippen LogP contribution in [0.3, 0.4) is 0 Å². The van der Waals surface area contributed by atoms with Crippen LogP contribution in [0, 0.1) is 5.92 Å². The first-order valence-corrected chi connectivity index (χ1v) is 10.1. The number of nitrogens with zero attached hydrogens (tertiary/aromatic N) is 3. The van der Waals surface area contributed by atoms with Gasteiger partial charge in [-0.3, -0.25) is 9.69 Å². The SMILES string of the molecule is O=C(O)[N-]C1CCC(CCN2CCN(c3cccc(Cl)c3Cl)CC2)CC1.[K+]. The summed E-state index contributed by atoms with van der Waals surface area (Å²) < 4.78 is 0. The molecule has 0 spiro atoms. The van der Waals surface area contributed by atoms with E-state index < -0.39 is 6.09 Å². The van der Waals surface area contributed by atoms with Gasteiger partial charge >= 0.3 is 51.4 Å². The Morgan fingerprint density at radius 3 is 2.41 bits per heavy atom. The summed E-state index contributed by atoms with van der Waals surface area (Å²) in [7, 11) is 0. The molecule has 5 nitrogen and oxygen atoms in total. The minimum Gasteiger partial charge on any atom is -0.615 e. The summed E-state index contributed by atoms with van der Waals surface area (Å²) in [5, 5.41) is 13.8. The van der Waals surface area contributed by atoms with Gasteiger partial charge in [0.1, 0.15) is 0 Å². The number of halogens is 2. The van der Waals surface area contributed by atoms with E-state index in [1.807, 2.05) is 18.2 Å². The van der Waals surface area contributed by atoms with E-state index in [0.717, 1.165) is 64.1 Å². The molecule has 8 heteroatoms. The first-order chi connectivity index (χ1) is 12.5. The Labute approximate surface area is 214 Å². The number of rotatable bonds is 5. The number of hydrogen-bond acceptors (Lipinski definition) is 3. The third kappa shape index (κ3) is 7.03. The monoisotopic (exact) mass is 437 g/mol. The molecule has 1 amide bonds. The smallest absolute Gasteiger partial charge is 0.615 e. The van der Waals surface area contributed by atoms with Crippen LogP contribution in [0.15, 0.2) is 18.2 Å². The predicted molar refractivity (Wildman–Crippen MR) is 107 cm³/mol. The predicted octanol–water partition coefficient (Wildman–Crippen LogP) is 2.12. The van der Waals surface area contributed by atoms with Crippen molar-refractivity contribution < 1.29 is 61.3 Å². The van der Waals surface area contributed by atoms with Gasteiger partial charge in [-0.25, -0.2) is 0 Å². The van der Waals surface area contributed by atoms with Crippen molar-refractivity contribution in [2.75, 3.05) is 37.6 Å². The zero-order chi connectivity index (χ0) is 18.5. The first kappa shape index (κ1) is 23.7. The molecule has 144 valence electrons. The number of carbonyl (C=O) groups is 1. The average Bonchev–Trinajstić information content (AvgIpc) is 2.63. The minimum atomic E-state index is -1.02. The third-order valence-corrected chi connectivity index (χ3v) is 6.42. The standard InChI is InChI=1S/C19H26Cl2N3O2.K/c20-16-2-1-3-17(18(16)21)24-12-10-23(11-13-24)9-8-14-4-6-15(7-5-14)22-19(25)26;/h1-3,14-15H,4-13H2,(H,25,26);/q-1;+1. The maximum absolute atomic E-state index is 10.7. The van der Waals surface area contributed by atoms with Crippen molar-refractivity contribution in [1.29, 1.82) is 0 Å². The quantitative estimate of drug-likeness (QED) is 0.716. The summed E-state index contributed by atoms with van der Waals surface area (Å²) in [5.74, 6) is 0.704. The van der Waals surface area contributed by atoms with E-state index in [1.54, 1.807) is 0 Å². The maximum atomic E-state index is 10.7. The fourth-order valence-electron chi connectivity index (χ4n) is 4.03. The Balaban J connectivity index is 0.00000261. The van der Waals surface area contributed by atoms with Gasteiger partial charge in [0.25, 0.3) is 0 Å². The maximum Gasteiger partial charge on any atom is 1.00 e. The Hall–Kier alpha value is 0.466. The Bertz CT molecular complexity index is 619. The van der Waals surface area contributed by atoms with Crippen molar-refractivity contribution in [2.24, 2.45) is 5.92 Å². The molecule has 3 rings (SSSR count). The average molecular weight is 438 g/mol. The van der Waals surface area contributed by atoms with Crippen LogP contribution in [0.2, 0.25) is 10.0 Å². The van der Waals surface area contributed by atoms with E-state index >= 15 is 0 Å². The minimum absolute atomic E-state index is 0. The van der Waals surface area contributed by atoms with Crippen molar-refractivity contribution in [3.8, 4) is 0 Å². The van der Waals surface area contributed by atoms with E-state index in [2.05, 4.69) is 15.1 Å². The van der Waals surface area contributed by atoms with E-state index in [4.69, 9.17) is 28.3 Å². The summed E-state index contributed by atoms with van der Waals surface area (Å²) in [5.41, 5.74) is 1.03. The van der Waals surface area contributed by atoms with Crippen molar-refractivity contribution in [3.63, 3.8) is 0 Å². The normalized spacial score (nSPS) is 23.6. The van der Waals surface area contributed by atoms with Crippen LogP contribution in [-0.4, -0.2) is 54.9 Å².